The summed E-state index contributed by atoms with van der Waals surface area (Å²) in [7, 11) is 0. The molecule has 0 atom stereocenters. The van der Waals surface area contributed by atoms with Crippen molar-refractivity contribution in [3.8, 4) is 23.1 Å². The summed E-state index contributed by atoms with van der Waals surface area (Å²) in [4.78, 5) is 4.17. The van der Waals surface area contributed by atoms with Crippen molar-refractivity contribution >= 4 is 27.7 Å². The van der Waals surface area contributed by atoms with Gasteiger partial charge in [0.25, 0.3) is 0 Å². The van der Waals surface area contributed by atoms with Crippen LogP contribution in [0.15, 0.2) is 75.6 Å². The second-order valence-electron chi connectivity index (χ2n) is 5.33. The van der Waals surface area contributed by atoms with Gasteiger partial charge in [-0.05, 0) is 60.3 Å². The van der Waals surface area contributed by atoms with E-state index in [9.17, 15) is 0 Å². The Bertz CT molecular complexity index is 1100. The molecule has 0 amide bonds. The summed E-state index contributed by atoms with van der Waals surface area (Å²) in [5.74, 6) is 0.675. The molecule has 4 aromatic rings. The number of benzene rings is 1. The minimum absolute atomic E-state index is 0.268. The maximum Gasteiger partial charge on any atom is 0.202 e. The van der Waals surface area contributed by atoms with E-state index in [1.54, 1.807) is 24.5 Å². The van der Waals surface area contributed by atoms with E-state index in [0.717, 1.165) is 15.7 Å². The Kier molecular flexibility index (Phi) is 4.91. The van der Waals surface area contributed by atoms with Crippen molar-refractivity contribution in [2.45, 2.75) is 10.2 Å². The van der Waals surface area contributed by atoms with Crippen molar-refractivity contribution in [3.63, 3.8) is 0 Å². The van der Waals surface area contributed by atoms with Gasteiger partial charge < -0.3 is 0 Å². The van der Waals surface area contributed by atoms with Crippen LogP contribution in [0.2, 0.25) is 0 Å². The van der Waals surface area contributed by atoms with Gasteiger partial charge in [-0.25, -0.2) is 0 Å². The van der Waals surface area contributed by atoms with E-state index in [1.807, 2.05) is 47.0 Å². The van der Waals surface area contributed by atoms with E-state index in [0.29, 0.717) is 16.0 Å². The fraction of sp³-hybridized carbons (Fsp3) is 0. The zero-order valence-corrected chi connectivity index (χ0v) is 16.1. The van der Waals surface area contributed by atoms with Gasteiger partial charge in [-0.3, -0.25) is 9.55 Å². The van der Waals surface area contributed by atoms with E-state index in [2.05, 4.69) is 41.3 Å². The van der Waals surface area contributed by atoms with Crippen molar-refractivity contribution < 1.29 is 0 Å². The molecule has 0 aliphatic heterocycles. The minimum Gasteiger partial charge on any atom is -0.270 e. The number of rotatable bonds is 4. The highest BCUT2D eigenvalue weighted by molar-refractivity contribution is 9.10. The molecule has 27 heavy (non-hydrogen) atoms. The zero-order valence-electron chi connectivity index (χ0n) is 13.7. The van der Waals surface area contributed by atoms with Crippen LogP contribution in [0.5, 0.6) is 0 Å². The molecule has 0 spiro atoms. The van der Waals surface area contributed by atoms with Gasteiger partial charge in [0.2, 0.25) is 5.16 Å². The molecule has 0 unspecified atom stereocenters. The summed E-state index contributed by atoms with van der Waals surface area (Å²) in [6, 6.07) is 17.0. The van der Waals surface area contributed by atoms with Gasteiger partial charge in [0.15, 0.2) is 11.5 Å². The van der Waals surface area contributed by atoms with Crippen molar-refractivity contribution in [1.29, 1.82) is 5.26 Å². The van der Waals surface area contributed by atoms with Gasteiger partial charge in [0.1, 0.15) is 11.1 Å². The van der Waals surface area contributed by atoms with Gasteiger partial charge in [0, 0.05) is 28.1 Å². The molecule has 0 saturated heterocycles. The molecular weight excluding hydrogens is 426 g/mol. The van der Waals surface area contributed by atoms with Crippen LogP contribution in [0.4, 0.5) is 0 Å². The molecule has 1 aromatic carbocycles. The van der Waals surface area contributed by atoms with E-state index in [-0.39, 0.29) is 5.69 Å². The van der Waals surface area contributed by atoms with Crippen LogP contribution in [0.1, 0.15) is 5.69 Å². The van der Waals surface area contributed by atoms with E-state index in [1.165, 1.54) is 11.8 Å². The molecule has 7 nitrogen and oxygen atoms in total. The second kappa shape index (κ2) is 7.65. The lowest BCUT2D eigenvalue weighted by atomic mass is 10.2. The topological polar surface area (TPSA) is 93.2 Å². The van der Waals surface area contributed by atoms with Crippen LogP contribution < -0.4 is 0 Å². The predicted molar refractivity (Wildman–Crippen MR) is 103 cm³/mol. The summed E-state index contributed by atoms with van der Waals surface area (Å²) in [5, 5.41) is 26.7. The third-order valence-electron chi connectivity index (χ3n) is 3.59. The molecule has 3 aromatic heterocycles. The van der Waals surface area contributed by atoms with Gasteiger partial charge in [-0.1, -0.05) is 15.9 Å². The molecule has 0 saturated carbocycles. The maximum atomic E-state index is 8.87. The first-order chi connectivity index (χ1) is 13.2. The Morgan fingerprint density at radius 2 is 1.81 bits per heavy atom. The molecule has 0 radical (unpaired) electrons. The third kappa shape index (κ3) is 3.72. The fourth-order valence-electron chi connectivity index (χ4n) is 2.37. The van der Waals surface area contributed by atoms with Crippen molar-refractivity contribution in [2.24, 2.45) is 0 Å². The SMILES string of the molecule is N#Cc1ccc(Sc2nnc(-c3cccnc3)n2-c2ccc(Br)cc2)nn1. The number of halogens is 1. The highest BCUT2D eigenvalue weighted by atomic mass is 79.9. The Morgan fingerprint density at radius 3 is 2.48 bits per heavy atom. The fourth-order valence-corrected chi connectivity index (χ4v) is 3.40. The van der Waals surface area contributed by atoms with Crippen LogP contribution >= 0.6 is 27.7 Å². The van der Waals surface area contributed by atoms with Gasteiger partial charge in [-0.2, -0.15) is 5.26 Å². The number of aromatic nitrogens is 6. The van der Waals surface area contributed by atoms with Crippen LogP contribution in [0, 0.1) is 11.3 Å². The molecule has 0 fully saturated rings. The Hall–Kier alpha value is -3.09. The number of pyridine rings is 1. The van der Waals surface area contributed by atoms with Gasteiger partial charge in [0.05, 0.1) is 0 Å². The third-order valence-corrected chi connectivity index (χ3v) is 4.99. The quantitative estimate of drug-likeness (QED) is 0.479. The zero-order chi connectivity index (χ0) is 18.6. The average molecular weight is 436 g/mol. The van der Waals surface area contributed by atoms with E-state index < -0.39 is 0 Å². The number of hydrogen-bond donors (Lipinski definition) is 0. The lowest BCUT2D eigenvalue weighted by Gasteiger charge is -2.10. The Balaban J connectivity index is 1.80. The lowest BCUT2D eigenvalue weighted by Crippen LogP contribution is -2.00. The number of nitriles is 1. The monoisotopic (exact) mass is 435 g/mol. The standard InChI is InChI=1S/C18H10BrN7S/c19-13-3-6-15(7-4-13)26-17(12-2-1-9-21-11-12)24-25-18(26)27-16-8-5-14(10-20)22-23-16/h1-9,11H. The molecular formula is C18H10BrN7S. The molecule has 9 heteroatoms. The molecule has 0 aliphatic rings. The molecule has 130 valence electrons. The lowest BCUT2D eigenvalue weighted by molar-refractivity contribution is 0.868. The molecule has 0 N–H and O–H groups in total. The summed E-state index contributed by atoms with van der Waals surface area (Å²) in [5.41, 5.74) is 2.03. The van der Waals surface area contributed by atoms with Crippen molar-refractivity contribution in [3.05, 3.63) is 71.1 Å². The number of nitrogens with zero attached hydrogens (tertiary/aromatic N) is 7. The van der Waals surface area contributed by atoms with Gasteiger partial charge in [-0.15, -0.1) is 20.4 Å². The smallest absolute Gasteiger partial charge is 0.202 e. The minimum atomic E-state index is 0.268. The van der Waals surface area contributed by atoms with Crippen molar-refractivity contribution in [1.82, 2.24) is 29.9 Å². The largest absolute Gasteiger partial charge is 0.270 e. The normalized spacial score (nSPS) is 10.5. The van der Waals surface area contributed by atoms with Crippen LogP contribution in [0.25, 0.3) is 17.1 Å². The molecule has 0 aliphatic carbocycles. The highest BCUT2D eigenvalue weighted by Gasteiger charge is 2.17. The van der Waals surface area contributed by atoms with E-state index >= 15 is 0 Å². The molecule has 4 rings (SSSR count). The van der Waals surface area contributed by atoms with E-state index in [4.69, 9.17) is 5.26 Å². The van der Waals surface area contributed by atoms with Crippen LogP contribution in [-0.4, -0.2) is 29.9 Å². The second-order valence-corrected chi connectivity index (χ2v) is 7.23. The summed E-state index contributed by atoms with van der Waals surface area (Å²) in [6.07, 6.45) is 3.46. The summed E-state index contributed by atoms with van der Waals surface area (Å²) in [6.45, 7) is 0. The predicted octanol–water partition coefficient (Wildman–Crippen LogP) is 3.90. The summed E-state index contributed by atoms with van der Waals surface area (Å²) < 4.78 is 2.92. The Morgan fingerprint density at radius 1 is 0.963 bits per heavy atom. The average Bonchev–Trinajstić information content (AvgIpc) is 3.13. The maximum absolute atomic E-state index is 8.87. The van der Waals surface area contributed by atoms with Gasteiger partial charge >= 0.3 is 0 Å². The van der Waals surface area contributed by atoms with Crippen LogP contribution in [-0.2, 0) is 0 Å². The first kappa shape index (κ1) is 17.3. The molecule has 3 heterocycles. The molecule has 0 bridgehead atoms. The summed E-state index contributed by atoms with van der Waals surface area (Å²) >= 11 is 4.78. The Labute approximate surface area is 167 Å². The first-order valence-electron chi connectivity index (χ1n) is 7.78. The number of hydrogen-bond acceptors (Lipinski definition) is 7. The van der Waals surface area contributed by atoms with Crippen molar-refractivity contribution in [2.75, 3.05) is 0 Å². The first-order valence-corrected chi connectivity index (χ1v) is 9.39. The highest BCUT2D eigenvalue weighted by Crippen LogP contribution is 2.31. The van der Waals surface area contributed by atoms with Crippen LogP contribution in [0.3, 0.4) is 0 Å².